The molecule has 4 heteroatoms. The first kappa shape index (κ1) is 14.0. The number of aromatic nitrogens is 2. The molecule has 0 saturated heterocycles. The molecule has 2 aromatic rings. The Morgan fingerprint density at radius 1 is 1.33 bits per heavy atom. The van der Waals surface area contributed by atoms with Crippen molar-refractivity contribution >= 4 is 5.82 Å². The van der Waals surface area contributed by atoms with Gasteiger partial charge in [-0.3, -0.25) is 0 Å². The van der Waals surface area contributed by atoms with Crippen molar-refractivity contribution in [1.29, 1.82) is 0 Å². The van der Waals surface area contributed by atoms with Crippen molar-refractivity contribution in [3.05, 3.63) is 29.6 Å². The number of nitrogens with zero attached hydrogens (tertiary/aromatic N) is 2. The molecule has 0 amide bonds. The van der Waals surface area contributed by atoms with E-state index in [9.17, 15) is 0 Å². The molecule has 3 rings (SSSR count). The molecular weight excluding hydrogens is 262 g/mol. The number of rotatable bonds is 4. The van der Waals surface area contributed by atoms with Crippen molar-refractivity contribution in [3.8, 4) is 17.0 Å². The van der Waals surface area contributed by atoms with Gasteiger partial charge in [-0.25, -0.2) is 4.98 Å². The highest BCUT2D eigenvalue weighted by Crippen LogP contribution is 2.42. The predicted molar refractivity (Wildman–Crippen MR) is 85.7 cm³/mol. The van der Waals surface area contributed by atoms with Gasteiger partial charge in [0.2, 0.25) is 0 Å². The van der Waals surface area contributed by atoms with Crippen LogP contribution in [0.1, 0.15) is 50.0 Å². The van der Waals surface area contributed by atoms with Crippen molar-refractivity contribution in [2.75, 3.05) is 12.8 Å². The molecule has 0 bridgehead atoms. The van der Waals surface area contributed by atoms with Crippen LogP contribution in [-0.2, 0) is 0 Å². The minimum Gasteiger partial charge on any atom is -0.496 e. The van der Waals surface area contributed by atoms with Crippen LogP contribution in [0, 0.1) is 6.92 Å². The Labute approximate surface area is 125 Å². The Morgan fingerprint density at radius 2 is 2.05 bits per heavy atom. The van der Waals surface area contributed by atoms with Gasteiger partial charge in [0.1, 0.15) is 23.1 Å². The number of anilines is 1. The fourth-order valence-corrected chi connectivity index (χ4v) is 2.83. The van der Waals surface area contributed by atoms with Gasteiger partial charge in [0.05, 0.1) is 7.11 Å². The van der Waals surface area contributed by atoms with Gasteiger partial charge in [0.25, 0.3) is 0 Å². The molecule has 112 valence electrons. The van der Waals surface area contributed by atoms with Gasteiger partial charge in [0, 0.05) is 17.5 Å². The maximum atomic E-state index is 6.40. The number of hydrogen-bond donors (Lipinski definition) is 1. The van der Waals surface area contributed by atoms with Crippen molar-refractivity contribution in [1.82, 2.24) is 9.55 Å². The highest BCUT2D eigenvalue weighted by molar-refractivity contribution is 5.72. The van der Waals surface area contributed by atoms with Crippen molar-refractivity contribution < 1.29 is 4.74 Å². The van der Waals surface area contributed by atoms with E-state index in [0.717, 1.165) is 34.2 Å². The molecule has 1 aliphatic carbocycles. The maximum absolute atomic E-state index is 6.40. The molecule has 1 aromatic carbocycles. The molecule has 0 aliphatic heterocycles. The summed E-state index contributed by atoms with van der Waals surface area (Å²) >= 11 is 0. The molecule has 0 atom stereocenters. The van der Waals surface area contributed by atoms with Crippen molar-refractivity contribution in [3.63, 3.8) is 0 Å². The van der Waals surface area contributed by atoms with Gasteiger partial charge >= 0.3 is 0 Å². The SMILES string of the molecule is COc1ccc(-c2nc(C(C)C)n(C3CC3)c2N)cc1C. The summed E-state index contributed by atoms with van der Waals surface area (Å²) < 4.78 is 7.56. The van der Waals surface area contributed by atoms with Crippen LogP contribution in [0.2, 0.25) is 0 Å². The van der Waals surface area contributed by atoms with Crippen molar-refractivity contribution in [2.45, 2.75) is 45.6 Å². The lowest BCUT2D eigenvalue weighted by Crippen LogP contribution is -2.06. The number of hydrogen-bond acceptors (Lipinski definition) is 3. The molecule has 1 aromatic heterocycles. The lowest BCUT2D eigenvalue weighted by molar-refractivity contribution is 0.412. The number of methoxy groups -OCH3 is 1. The number of imidazole rings is 1. The molecule has 2 N–H and O–H groups in total. The summed E-state index contributed by atoms with van der Waals surface area (Å²) in [6.07, 6.45) is 2.42. The number of ether oxygens (including phenoxy) is 1. The number of aryl methyl sites for hydroxylation is 1. The standard InChI is InChI=1S/C17H23N3O/c1-10(2)17-19-15(16(18)20(17)13-6-7-13)12-5-8-14(21-4)11(3)9-12/h5,8-10,13H,6-7,18H2,1-4H3. The van der Waals surface area contributed by atoms with Gasteiger partial charge in [-0.2, -0.15) is 0 Å². The maximum Gasteiger partial charge on any atom is 0.132 e. The fraction of sp³-hybridized carbons (Fsp3) is 0.471. The lowest BCUT2D eigenvalue weighted by atomic mass is 10.1. The summed E-state index contributed by atoms with van der Waals surface area (Å²) in [6.45, 7) is 6.38. The predicted octanol–water partition coefficient (Wildman–Crippen LogP) is 3.91. The summed E-state index contributed by atoms with van der Waals surface area (Å²) in [4.78, 5) is 4.83. The molecule has 0 unspecified atom stereocenters. The largest absolute Gasteiger partial charge is 0.496 e. The van der Waals surface area contributed by atoms with E-state index in [1.807, 2.05) is 19.1 Å². The van der Waals surface area contributed by atoms with Crippen LogP contribution >= 0.6 is 0 Å². The highest BCUT2D eigenvalue weighted by atomic mass is 16.5. The van der Waals surface area contributed by atoms with Gasteiger partial charge < -0.3 is 15.0 Å². The highest BCUT2D eigenvalue weighted by Gasteiger charge is 2.30. The van der Waals surface area contributed by atoms with Crippen LogP contribution in [0.25, 0.3) is 11.3 Å². The molecule has 1 aliphatic rings. The van der Waals surface area contributed by atoms with Crippen LogP contribution in [0.15, 0.2) is 18.2 Å². The molecule has 21 heavy (non-hydrogen) atoms. The topological polar surface area (TPSA) is 53.1 Å². The van der Waals surface area contributed by atoms with Crippen molar-refractivity contribution in [2.24, 2.45) is 0 Å². The molecule has 4 nitrogen and oxygen atoms in total. The average Bonchev–Trinajstić information content (AvgIpc) is 3.22. The van der Waals surface area contributed by atoms with Gasteiger partial charge in [0.15, 0.2) is 0 Å². The number of benzene rings is 1. The summed E-state index contributed by atoms with van der Waals surface area (Å²) in [5.74, 6) is 3.16. The van der Waals surface area contributed by atoms with Gasteiger partial charge in [-0.15, -0.1) is 0 Å². The Kier molecular flexibility index (Phi) is 3.40. The Bertz CT molecular complexity index is 669. The Morgan fingerprint density at radius 3 is 2.57 bits per heavy atom. The van der Waals surface area contributed by atoms with Crippen LogP contribution in [-0.4, -0.2) is 16.7 Å². The molecular formula is C17H23N3O. The number of nitrogen functional groups attached to an aromatic ring is 1. The fourth-order valence-electron chi connectivity index (χ4n) is 2.83. The third kappa shape index (κ3) is 2.39. The van der Waals surface area contributed by atoms with Crippen LogP contribution in [0.3, 0.4) is 0 Å². The smallest absolute Gasteiger partial charge is 0.132 e. The molecule has 0 radical (unpaired) electrons. The zero-order valence-corrected chi connectivity index (χ0v) is 13.2. The summed E-state index contributed by atoms with van der Waals surface area (Å²) in [6, 6.07) is 6.66. The van der Waals surface area contributed by atoms with E-state index in [2.05, 4.69) is 24.5 Å². The minimum atomic E-state index is 0.376. The second-order valence-electron chi connectivity index (χ2n) is 6.14. The first-order chi connectivity index (χ1) is 10.0. The first-order valence-corrected chi connectivity index (χ1v) is 7.55. The van der Waals surface area contributed by atoms with Gasteiger partial charge in [-0.1, -0.05) is 13.8 Å². The first-order valence-electron chi connectivity index (χ1n) is 7.55. The zero-order chi connectivity index (χ0) is 15.1. The second kappa shape index (κ2) is 5.10. The van der Waals surface area contributed by atoms with Crippen LogP contribution in [0.5, 0.6) is 5.75 Å². The molecule has 1 heterocycles. The van der Waals surface area contributed by atoms with E-state index in [4.69, 9.17) is 15.5 Å². The molecule has 0 spiro atoms. The van der Waals surface area contributed by atoms with Crippen LogP contribution < -0.4 is 10.5 Å². The Balaban J connectivity index is 2.10. The molecule has 1 saturated carbocycles. The van der Waals surface area contributed by atoms with Gasteiger partial charge in [-0.05, 0) is 43.5 Å². The monoisotopic (exact) mass is 285 g/mol. The Hall–Kier alpha value is -1.97. The van der Waals surface area contributed by atoms with E-state index in [0.29, 0.717) is 12.0 Å². The average molecular weight is 285 g/mol. The summed E-state index contributed by atoms with van der Waals surface area (Å²) in [7, 11) is 1.69. The number of nitrogens with two attached hydrogens (primary N) is 1. The quantitative estimate of drug-likeness (QED) is 0.926. The summed E-state index contributed by atoms with van der Waals surface area (Å²) in [5.41, 5.74) is 9.46. The third-order valence-electron chi connectivity index (χ3n) is 4.07. The normalized spacial score (nSPS) is 14.7. The van der Waals surface area contributed by atoms with E-state index in [1.54, 1.807) is 7.11 Å². The van der Waals surface area contributed by atoms with E-state index in [1.165, 1.54) is 12.8 Å². The van der Waals surface area contributed by atoms with E-state index in [-0.39, 0.29) is 0 Å². The van der Waals surface area contributed by atoms with E-state index >= 15 is 0 Å². The lowest BCUT2D eigenvalue weighted by Gasteiger charge is -2.10. The molecule has 1 fully saturated rings. The minimum absolute atomic E-state index is 0.376. The zero-order valence-electron chi connectivity index (χ0n) is 13.2. The second-order valence-corrected chi connectivity index (χ2v) is 6.14. The van der Waals surface area contributed by atoms with E-state index < -0.39 is 0 Å². The summed E-state index contributed by atoms with van der Waals surface area (Å²) in [5, 5.41) is 0. The van der Waals surface area contributed by atoms with Crippen LogP contribution in [0.4, 0.5) is 5.82 Å². The third-order valence-corrected chi connectivity index (χ3v) is 4.07.